The molecule has 0 rings (SSSR count). The lowest BCUT2D eigenvalue weighted by molar-refractivity contribution is -0.368. The number of rotatable bonds is 19. The molecule has 0 saturated carbocycles. The van der Waals surface area contributed by atoms with E-state index < -0.39 is 24.8 Å². The number of aliphatic carboxylic acids is 2. The van der Waals surface area contributed by atoms with Crippen molar-refractivity contribution >= 4 is 11.9 Å². The molecule has 0 aliphatic rings. The Balaban J connectivity index is -0.000000370. The highest BCUT2D eigenvalue weighted by Crippen LogP contribution is 2.08. The number of unbranched alkanes of at least 4 members (excludes halogenated alkanes) is 14. The first kappa shape index (κ1) is 33.5. The molecule has 6 nitrogen and oxygen atoms in total. The van der Waals surface area contributed by atoms with Crippen LogP contribution in [0.1, 0.15) is 129 Å². The van der Waals surface area contributed by atoms with Gasteiger partial charge in [0.25, 0.3) is 0 Å². The molecule has 0 aliphatic heterocycles. The molecule has 0 bridgehead atoms. The lowest BCUT2D eigenvalue weighted by Crippen LogP contribution is -2.50. The number of carbonyl (C=O) groups is 2. The summed E-state index contributed by atoms with van der Waals surface area (Å²) < 4.78 is 0. The Morgan fingerprint density at radius 1 is 0.500 bits per heavy atom. The summed E-state index contributed by atoms with van der Waals surface area (Å²) in [5.74, 6) is -2.73. The predicted octanol–water partition coefficient (Wildman–Crippen LogP) is 2.00. The number of carboxylic acid groups (broad SMARTS) is 2. The van der Waals surface area contributed by atoms with Crippen LogP contribution in [-0.2, 0) is 9.59 Å². The van der Waals surface area contributed by atoms with Gasteiger partial charge in [0.05, 0.1) is 13.1 Å². The third-order valence-corrected chi connectivity index (χ3v) is 4.74. The van der Waals surface area contributed by atoms with Gasteiger partial charge in [-0.2, -0.15) is 0 Å². The van der Waals surface area contributed by atoms with E-state index in [-0.39, 0.29) is 0 Å². The van der Waals surface area contributed by atoms with Crippen LogP contribution in [0.2, 0.25) is 0 Å². The van der Waals surface area contributed by atoms with Gasteiger partial charge in [-0.1, -0.05) is 90.9 Å². The fourth-order valence-corrected chi connectivity index (χ4v) is 2.83. The molecule has 0 spiro atoms. The van der Waals surface area contributed by atoms with Gasteiger partial charge in [0, 0.05) is 11.9 Å². The SMILES string of the molecule is CCCCCCCCCC[NH3+].CCCCCCCCCC[NH3+].O=C([O-])CCC(=O)[O-]. The largest absolute Gasteiger partial charge is 0.550 e. The van der Waals surface area contributed by atoms with Crippen LogP contribution in [-0.4, -0.2) is 25.0 Å². The summed E-state index contributed by atoms with van der Waals surface area (Å²) in [6, 6.07) is 0. The Morgan fingerprint density at radius 2 is 0.733 bits per heavy atom. The van der Waals surface area contributed by atoms with E-state index in [1.54, 1.807) is 0 Å². The zero-order chi connectivity index (χ0) is 23.3. The maximum atomic E-state index is 9.50. The van der Waals surface area contributed by atoms with Crippen molar-refractivity contribution in [2.45, 2.75) is 129 Å². The second kappa shape index (κ2) is 32.5. The topological polar surface area (TPSA) is 136 Å². The van der Waals surface area contributed by atoms with Crippen molar-refractivity contribution < 1.29 is 31.3 Å². The fraction of sp³-hybridized carbons (Fsp3) is 0.917. The van der Waals surface area contributed by atoms with E-state index in [0.29, 0.717) is 0 Å². The smallest absolute Gasteiger partial charge is 0.0739 e. The van der Waals surface area contributed by atoms with Crippen LogP contribution in [0.25, 0.3) is 0 Å². The van der Waals surface area contributed by atoms with Crippen LogP contribution in [0.4, 0.5) is 0 Å². The first-order valence-corrected chi connectivity index (χ1v) is 12.4. The monoisotopic (exact) mass is 432 g/mol. The Kier molecular flexibility index (Phi) is 36.3. The summed E-state index contributed by atoms with van der Waals surface area (Å²) in [6.45, 7) is 6.77. The third kappa shape index (κ3) is 45.5. The zero-order valence-corrected chi connectivity index (χ0v) is 20.2. The maximum absolute atomic E-state index is 9.50. The summed E-state index contributed by atoms with van der Waals surface area (Å²) in [6.07, 6.45) is 21.6. The van der Waals surface area contributed by atoms with Crippen molar-refractivity contribution in [1.29, 1.82) is 0 Å². The van der Waals surface area contributed by atoms with E-state index >= 15 is 0 Å². The van der Waals surface area contributed by atoms with Crippen molar-refractivity contribution in [3.63, 3.8) is 0 Å². The van der Waals surface area contributed by atoms with Crippen LogP contribution in [0.3, 0.4) is 0 Å². The highest BCUT2D eigenvalue weighted by Gasteiger charge is 1.90. The van der Waals surface area contributed by atoms with Gasteiger partial charge >= 0.3 is 0 Å². The first-order chi connectivity index (χ1) is 14.5. The summed E-state index contributed by atoms with van der Waals surface area (Å²) >= 11 is 0. The van der Waals surface area contributed by atoms with E-state index in [0.717, 1.165) is 13.1 Å². The number of carbonyl (C=O) groups excluding carboxylic acids is 2. The summed E-state index contributed by atoms with van der Waals surface area (Å²) in [4.78, 5) is 19.0. The summed E-state index contributed by atoms with van der Waals surface area (Å²) in [5.41, 5.74) is 7.67. The van der Waals surface area contributed by atoms with Crippen LogP contribution in [0, 0.1) is 0 Å². The van der Waals surface area contributed by atoms with E-state index in [1.165, 1.54) is 103 Å². The molecule has 0 amide bonds. The molecule has 0 atom stereocenters. The van der Waals surface area contributed by atoms with Crippen molar-refractivity contribution in [2.75, 3.05) is 13.1 Å². The van der Waals surface area contributed by atoms with E-state index in [4.69, 9.17) is 0 Å². The molecule has 0 radical (unpaired) electrons. The molecule has 0 fully saturated rings. The molecule has 0 heterocycles. The summed E-state index contributed by atoms with van der Waals surface area (Å²) in [5, 5.41) is 19.0. The highest BCUT2D eigenvalue weighted by molar-refractivity contribution is 5.72. The van der Waals surface area contributed by atoms with E-state index in [1.807, 2.05) is 0 Å². The molecule has 0 unspecified atom stereocenters. The fourth-order valence-electron chi connectivity index (χ4n) is 2.83. The lowest BCUT2D eigenvalue weighted by atomic mass is 10.1. The molecule has 182 valence electrons. The average Bonchev–Trinajstić information content (AvgIpc) is 2.72. The quantitative estimate of drug-likeness (QED) is 0.302. The van der Waals surface area contributed by atoms with Crippen molar-refractivity contribution in [3.8, 4) is 0 Å². The first-order valence-electron chi connectivity index (χ1n) is 12.4. The van der Waals surface area contributed by atoms with Gasteiger partial charge in [0.2, 0.25) is 0 Å². The van der Waals surface area contributed by atoms with E-state index in [2.05, 4.69) is 25.3 Å². The normalized spacial score (nSPS) is 9.87. The highest BCUT2D eigenvalue weighted by atomic mass is 16.4. The Morgan fingerprint density at radius 3 is 0.933 bits per heavy atom. The van der Waals surface area contributed by atoms with Gasteiger partial charge in [-0.05, 0) is 38.5 Å². The third-order valence-electron chi connectivity index (χ3n) is 4.74. The number of hydrogen-bond donors (Lipinski definition) is 2. The Labute approximate surface area is 186 Å². The standard InChI is InChI=1S/2C10H23N.C4H6O4/c2*1-2-3-4-5-6-7-8-9-10-11;5-3(6)1-2-4(7)8/h2*2-11H2,1H3;1-2H2,(H,5,6)(H,7,8). The average molecular weight is 433 g/mol. The van der Waals surface area contributed by atoms with E-state index in [9.17, 15) is 19.8 Å². The minimum absolute atomic E-state index is 0.470. The van der Waals surface area contributed by atoms with Crippen LogP contribution < -0.4 is 21.7 Å². The molecule has 0 aromatic rings. The Hall–Kier alpha value is -1.14. The molecule has 0 saturated heterocycles. The van der Waals surface area contributed by atoms with Crippen molar-refractivity contribution in [2.24, 2.45) is 0 Å². The van der Waals surface area contributed by atoms with Gasteiger partial charge in [0.15, 0.2) is 0 Å². The summed E-state index contributed by atoms with van der Waals surface area (Å²) in [7, 11) is 0. The van der Waals surface area contributed by atoms with Gasteiger partial charge in [-0.25, -0.2) is 0 Å². The van der Waals surface area contributed by atoms with Gasteiger partial charge in [-0.15, -0.1) is 0 Å². The van der Waals surface area contributed by atoms with Crippen LogP contribution in [0.5, 0.6) is 0 Å². The number of quaternary nitrogens is 2. The predicted molar refractivity (Wildman–Crippen MR) is 120 cm³/mol. The van der Waals surface area contributed by atoms with Crippen LogP contribution in [0.15, 0.2) is 0 Å². The second-order valence-electron chi connectivity index (χ2n) is 7.90. The molecular formula is C24H52N2O4. The molecule has 0 aromatic heterocycles. The number of hydrogen-bond acceptors (Lipinski definition) is 4. The van der Waals surface area contributed by atoms with Crippen molar-refractivity contribution in [1.82, 2.24) is 0 Å². The minimum atomic E-state index is -1.37. The molecule has 0 aromatic carbocycles. The molecular weight excluding hydrogens is 380 g/mol. The molecule has 6 N–H and O–H groups in total. The van der Waals surface area contributed by atoms with Gasteiger partial charge < -0.3 is 31.3 Å². The molecule has 6 heteroatoms. The molecule has 0 aliphatic carbocycles. The second-order valence-corrected chi connectivity index (χ2v) is 7.90. The molecule has 30 heavy (non-hydrogen) atoms. The number of carboxylic acids is 2. The zero-order valence-electron chi connectivity index (χ0n) is 20.2. The van der Waals surface area contributed by atoms with Gasteiger partial charge in [0.1, 0.15) is 0 Å². The Bertz CT molecular complexity index is 291. The lowest BCUT2D eigenvalue weighted by Gasteiger charge is -2.00. The van der Waals surface area contributed by atoms with Crippen molar-refractivity contribution in [3.05, 3.63) is 0 Å². The van der Waals surface area contributed by atoms with Crippen LogP contribution >= 0.6 is 0 Å². The maximum Gasteiger partial charge on any atom is 0.0739 e. The minimum Gasteiger partial charge on any atom is -0.550 e. The van der Waals surface area contributed by atoms with Gasteiger partial charge in [-0.3, -0.25) is 0 Å².